The minimum atomic E-state index is -0.859. The summed E-state index contributed by atoms with van der Waals surface area (Å²) in [7, 11) is 0. The van der Waals surface area contributed by atoms with Gasteiger partial charge >= 0.3 is 5.97 Å². The Morgan fingerprint density at radius 1 is 1.33 bits per heavy atom. The minimum absolute atomic E-state index is 0.0939. The Morgan fingerprint density at radius 3 is 2.56 bits per heavy atom. The average Bonchev–Trinajstić information content (AvgIpc) is 2.91. The van der Waals surface area contributed by atoms with Crippen LogP contribution < -0.4 is 5.32 Å². The summed E-state index contributed by atoms with van der Waals surface area (Å²) in [5, 5.41) is 12.4. The fourth-order valence-electron chi connectivity index (χ4n) is 2.57. The fraction of sp³-hybridized carbons (Fsp3) is 0.833. The summed E-state index contributed by atoms with van der Waals surface area (Å²) < 4.78 is 0. The maximum absolute atomic E-state index is 12.0. The largest absolute Gasteiger partial charge is 0.481 e. The quantitative estimate of drug-likeness (QED) is 0.817. The zero-order valence-corrected chi connectivity index (χ0v) is 12.3. The zero-order valence-electron chi connectivity index (χ0n) is 10.6. The third-order valence-electron chi connectivity index (χ3n) is 3.76. The highest BCUT2D eigenvalue weighted by atomic mass is 32.2. The Balaban J connectivity index is 1.80. The van der Waals surface area contributed by atoms with Crippen molar-refractivity contribution in [1.29, 1.82) is 0 Å². The van der Waals surface area contributed by atoms with Gasteiger partial charge < -0.3 is 10.4 Å². The van der Waals surface area contributed by atoms with Gasteiger partial charge in [0.1, 0.15) is 0 Å². The fourth-order valence-corrected chi connectivity index (χ4v) is 5.18. The van der Waals surface area contributed by atoms with Crippen LogP contribution >= 0.6 is 23.5 Å². The zero-order chi connectivity index (χ0) is 13.3. The Kier molecular flexibility index (Phi) is 4.16. The molecule has 1 saturated heterocycles. The van der Waals surface area contributed by atoms with Crippen LogP contribution in [0, 0.1) is 17.3 Å². The highest BCUT2D eigenvalue weighted by Gasteiger charge is 2.65. The van der Waals surface area contributed by atoms with Gasteiger partial charge in [-0.3, -0.25) is 9.59 Å². The number of carboxylic acid groups (broad SMARTS) is 1. The summed E-state index contributed by atoms with van der Waals surface area (Å²) >= 11 is 3.81. The molecule has 2 fully saturated rings. The SMILES string of the molecule is CC1(C)C(C(=O)O)C1C(=O)NCC1CSCCS1. The van der Waals surface area contributed by atoms with E-state index in [2.05, 4.69) is 5.32 Å². The summed E-state index contributed by atoms with van der Waals surface area (Å²) in [4.78, 5) is 23.0. The van der Waals surface area contributed by atoms with Crippen LogP contribution in [-0.2, 0) is 9.59 Å². The third-order valence-corrected chi connectivity index (χ3v) is 6.61. The van der Waals surface area contributed by atoms with Crippen molar-refractivity contribution in [1.82, 2.24) is 5.32 Å². The highest BCUT2D eigenvalue weighted by Crippen LogP contribution is 2.58. The lowest BCUT2D eigenvalue weighted by molar-refractivity contribution is -0.140. The number of thioether (sulfide) groups is 2. The number of hydrogen-bond acceptors (Lipinski definition) is 4. The molecule has 18 heavy (non-hydrogen) atoms. The molecule has 1 saturated carbocycles. The lowest BCUT2D eigenvalue weighted by Crippen LogP contribution is -2.35. The highest BCUT2D eigenvalue weighted by molar-refractivity contribution is 8.06. The van der Waals surface area contributed by atoms with Gasteiger partial charge in [-0.25, -0.2) is 0 Å². The monoisotopic (exact) mass is 289 g/mol. The van der Waals surface area contributed by atoms with E-state index in [4.69, 9.17) is 5.11 Å². The van der Waals surface area contributed by atoms with Crippen molar-refractivity contribution in [3.8, 4) is 0 Å². The molecule has 102 valence electrons. The normalized spacial score (nSPS) is 33.8. The summed E-state index contributed by atoms with van der Waals surface area (Å²) in [6, 6.07) is 0. The van der Waals surface area contributed by atoms with Gasteiger partial charge in [0, 0.05) is 29.1 Å². The number of carbonyl (C=O) groups excluding carboxylic acids is 1. The molecule has 3 atom stereocenters. The second-order valence-corrected chi connectivity index (χ2v) is 7.99. The molecule has 2 rings (SSSR count). The Morgan fingerprint density at radius 2 is 2.06 bits per heavy atom. The number of hydrogen-bond donors (Lipinski definition) is 2. The van der Waals surface area contributed by atoms with Crippen LogP contribution in [0.4, 0.5) is 0 Å². The number of rotatable bonds is 4. The molecular formula is C12H19NO3S2. The molecule has 0 aromatic rings. The van der Waals surface area contributed by atoms with Crippen LogP contribution in [0.5, 0.6) is 0 Å². The predicted molar refractivity (Wildman–Crippen MR) is 75.0 cm³/mol. The van der Waals surface area contributed by atoms with E-state index in [0.717, 1.165) is 11.5 Å². The molecule has 0 aromatic heterocycles. The van der Waals surface area contributed by atoms with Crippen molar-refractivity contribution in [3.63, 3.8) is 0 Å². The molecule has 2 N–H and O–H groups in total. The smallest absolute Gasteiger partial charge is 0.307 e. The van der Waals surface area contributed by atoms with Crippen molar-refractivity contribution < 1.29 is 14.7 Å². The van der Waals surface area contributed by atoms with Crippen LogP contribution in [0.2, 0.25) is 0 Å². The van der Waals surface area contributed by atoms with Crippen molar-refractivity contribution in [3.05, 3.63) is 0 Å². The van der Waals surface area contributed by atoms with E-state index in [1.165, 1.54) is 5.75 Å². The third kappa shape index (κ3) is 2.79. The number of amides is 1. The van der Waals surface area contributed by atoms with Crippen LogP contribution in [-0.4, -0.2) is 46.0 Å². The van der Waals surface area contributed by atoms with Crippen LogP contribution in [0.25, 0.3) is 0 Å². The maximum atomic E-state index is 12.0. The maximum Gasteiger partial charge on any atom is 0.307 e. The Hall–Kier alpha value is -0.360. The van der Waals surface area contributed by atoms with E-state index in [9.17, 15) is 9.59 Å². The molecule has 3 unspecified atom stereocenters. The van der Waals surface area contributed by atoms with Crippen molar-refractivity contribution >= 4 is 35.4 Å². The number of carbonyl (C=O) groups is 2. The van der Waals surface area contributed by atoms with E-state index >= 15 is 0 Å². The Labute approximate surface area is 116 Å². The number of carboxylic acids is 1. The average molecular weight is 289 g/mol. The second kappa shape index (κ2) is 5.33. The van der Waals surface area contributed by atoms with Crippen molar-refractivity contribution in [2.24, 2.45) is 17.3 Å². The molecule has 1 aliphatic carbocycles. The first-order valence-corrected chi connectivity index (χ1v) is 8.35. The lowest BCUT2D eigenvalue weighted by Gasteiger charge is -2.21. The summed E-state index contributed by atoms with van der Waals surface area (Å²) in [6.07, 6.45) is 0. The van der Waals surface area contributed by atoms with Crippen LogP contribution in [0.15, 0.2) is 0 Å². The van der Waals surface area contributed by atoms with Gasteiger partial charge in [-0.2, -0.15) is 23.5 Å². The van der Waals surface area contributed by atoms with Gasteiger partial charge in [-0.05, 0) is 5.41 Å². The number of aliphatic carboxylic acids is 1. The molecule has 0 aromatic carbocycles. The van der Waals surface area contributed by atoms with Crippen LogP contribution in [0.1, 0.15) is 13.8 Å². The van der Waals surface area contributed by atoms with Gasteiger partial charge in [-0.15, -0.1) is 0 Å². The first-order valence-electron chi connectivity index (χ1n) is 6.14. The summed E-state index contributed by atoms with van der Waals surface area (Å²) in [5.41, 5.74) is -0.398. The van der Waals surface area contributed by atoms with E-state index in [-0.39, 0.29) is 11.8 Å². The van der Waals surface area contributed by atoms with Crippen molar-refractivity contribution in [2.75, 3.05) is 23.8 Å². The van der Waals surface area contributed by atoms with E-state index in [1.54, 1.807) is 0 Å². The van der Waals surface area contributed by atoms with E-state index in [0.29, 0.717) is 11.8 Å². The molecule has 2 aliphatic rings. The van der Waals surface area contributed by atoms with E-state index in [1.807, 2.05) is 37.4 Å². The van der Waals surface area contributed by atoms with Crippen LogP contribution in [0.3, 0.4) is 0 Å². The summed E-state index contributed by atoms with van der Waals surface area (Å²) in [6.45, 7) is 4.36. The standard InChI is InChI=1S/C12H19NO3S2/c1-12(2)8(9(12)11(15)16)10(14)13-5-7-6-17-3-4-18-7/h7-9H,3-6H2,1-2H3,(H,13,14)(H,15,16). The lowest BCUT2D eigenvalue weighted by atomic mass is 10.1. The first-order chi connectivity index (χ1) is 8.44. The molecule has 0 bridgehead atoms. The topological polar surface area (TPSA) is 66.4 Å². The van der Waals surface area contributed by atoms with Gasteiger partial charge in [0.25, 0.3) is 0 Å². The molecule has 4 nitrogen and oxygen atoms in total. The molecule has 6 heteroatoms. The first kappa shape index (κ1) is 14.1. The molecule has 0 radical (unpaired) electrons. The van der Waals surface area contributed by atoms with Gasteiger partial charge in [-0.1, -0.05) is 13.8 Å². The van der Waals surface area contributed by atoms with Gasteiger partial charge in [0.2, 0.25) is 5.91 Å². The molecule has 0 spiro atoms. The molecule has 1 aliphatic heterocycles. The predicted octanol–water partition coefficient (Wildman–Crippen LogP) is 1.31. The Bertz CT molecular complexity index is 353. The van der Waals surface area contributed by atoms with E-state index < -0.39 is 17.3 Å². The molecule has 1 amide bonds. The second-order valence-electron chi connectivity index (χ2n) is 5.43. The molecule has 1 heterocycles. The number of nitrogens with one attached hydrogen (secondary N) is 1. The molecular weight excluding hydrogens is 270 g/mol. The summed E-state index contributed by atoms with van der Waals surface area (Å²) in [5.74, 6) is 1.55. The van der Waals surface area contributed by atoms with Crippen molar-refractivity contribution in [2.45, 2.75) is 19.1 Å². The van der Waals surface area contributed by atoms with Gasteiger partial charge in [0.05, 0.1) is 11.8 Å². The minimum Gasteiger partial charge on any atom is -0.481 e. The van der Waals surface area contributed by atoms with Gasteiger partial charge in [0.15, 0.2) is 0 Å².